The van der Waals surface area contributed by atoms with Crippen molar-refractivity contribution in [2.75, 3.05) is 13.2 Å². The lowest BCUT2D eigenvalue weighted by Crippen LogP contribution is -2.45. The van der Waals surface area contributed by atoms with E-state index in [1.54, 1.807) is 0 Å². The zero-order chi connectivity index (χ0) is 12.8. The molecule has 0 spiro atoms. The molecule has 9 nitrogen and oxygen atoms in total. The number of carbonyl (C=O) groups is 3. The highest BCUT2D eigenvalue weighted by molar-refractivity contribution is 5.66. The lowest BCUT2D eigenvalue weighted by Gasteiger charge is -2.26. The van der Waals surface area contributed by atoms with Crippen LogP contribution in [0.25, 0.3) is 0 Å². The van der Waals surface area contributed by atoms with Crippen LogP contribution in [0.1, 0.15) is 6.92 Å². The van der Waals surface area contributed by atoms with Crippen molar-refractivity contribution in [3.8, 4) is 0 Å². The van der Waals surface area contributed by atoms with Crippen LogP contribution in [-0.2, 0) is 14.2 Å². The van der Waals surface area contributed by atoms with Crippen molar-refractivity contribution in [2.24, 2.45) is 17.2 Å². The van der Waals surface area contributed by atoms with Crippen molar-refractivity contribution in [1.82, 2.24) is 0 Å². The van der Waals surface area contributed by atoms with Crippen LogP contribution in [0.4, 0.5) is 14.4 Å². The fourth-order valence-electron chi connectivity index (χ4n) is 0.791. The summed E-state index contributed by atoms with van der Waals surface area (Å²) in [5, 5.41) is 0. The first kappa shape index (κ1) is 13.8. The fourth-order valence-corrected chi connectivity index (χ4v) is 0.791. The second kappa shape index (κ2) is 5.63. The van der Waals surface area contributed by atoms with Gasteiger partial charge in [0, 0.05) is 0 Å². The first-order valence-corrected chi connectivity index (χ1v) is 4.08. The number of hydrogen-bond donors (Lipinski definition) is 3. The van der Waals surface area contributed by atoms with Crippen LogP contribution in [0.3, 0.4) is 0 Å². The van der Waals surface area contributed by atoms with E-state index in [0.29, 0.717) is 0 Å². The quantitative estimate of drug-likeness (QED) is 0.520. The summed E-state index contributed by atoms with van der Waals surface area (Å²) in [6, 6.07) is 0. The first-order chi connectivity index (χ1) is 7.25. The van der Waals surface area contributed by atoms with Crippen molar-refractivity contribution in [2.45, 2.75) is 12.5 Å². The minimum atomic E-state index is -1.43. The maximum absolute atomic E-state index is 10.6. The van der Waals surface area contributed by atoms with E-state index in [4.69, 9.17) is 17.2 Å². The monoisotopic (exact) mass is 235 g/mol. The van der Waals surface area contributed by atoms with Crippen molar-refractivity contribution in [3.63, 3.8) is 0 Å². The van der Waals surface area contributed by atoms with Gasteiger partial charge in [-0.15, -0.1) is 0 Å². The third-order valence-electron chi connectivity index (χ3n) is 1.39. The molecule has 0 atom stereocenters. The zero-order valence-electron chi connectivity index (χ0n) is 8.60. The van der Waals surface area contributed by atoms with Gasteiger partial charge >= 0.3 is 18.3 Å². The van der Waals surface area contributed by atoms with Gasteiger partial charge in [0.1, 0.15) is 13.2 Å². The van der Waals surface area contributed by atoms with E-state index in [1.807, 2.05) is 0 Å². The summed E-state index contributed by atoms with van der Waals surface area (Å²) < 4.78 is 13.4. The van der Waals surface area contributed by atoms with Crippen LogP contribution in [0.15, 0.2) is 0 Å². The first-order valence-electron chi connectivity index (χ1n) is 4.08. The second-order valence-electron chi connectivity index (χ2n) is 3.09. The van der Waals surface area contributed by atoms with E-state index in [-0.39, 0.29) is 0 Å². The molecule has 9 heteroatoms. The Balaban J connectivity index is 4.40. The number of amides is 3. The third-order valence-corrected chi connectivity index (χ3v) is 1.39. The van der Waals surface area contributed by atoms with Crippen LogP contribution < -0.4 is 17.2 Å². The summed E-state index contributed by atoms with van der Waals surface area (Å²) >= 11 is 0. The number of hydrogen-bond acceptors (Lipinski definition) is 6. The maximum Gasteiger partial charge on any atom is 0.405 e. The number of nitrogens with two attached hydrogens (primary N) is 3. The molecule has 6 N–H and O–H groups in total. The van der Waals surface area contributed by atoms with E-state index in [9.17, 15) is 14.4 Å². The third kappa shape index (κ3) is 6.29. The summed E-state index contributed by atoms with van der Waals surface area (Å²) in [7, 11) is 0. The van der Waals surface area contributed by atoms with Gasteiger partial charge in [-0.25, -0.2) is 14.4 Å². The molecule has 92 valence electrons. The zero-order valence-corrected chi connectivity index (χ0v) is 8.60. The minimum absolute atomic E-state index is 0.418. The smallest absolute Gasteiger partial charge is 0.405 e. The van der Waals surface area contributed by atoms with Crippen LogP contribution in [0.5, 0.6) is 0 Å². The van der Waals surface area contributed by atoms with E-state index in [1.165, 1.54) is 6.92 Å². The highest BCUT2D eigenvalue weighted by Gasteiger charge is 2.31. The van der Waals surface area contributed by atoms with Crippen molar-refractivity contribution < 1.29 is 28.6 Å². The van der Waals surface area contributed by atoms with Crippen LogP contribution in [-0.4, -0.2) is 37.1 Å². The summed E-state index contributed by atoms with van der Waals surface area (Å²) in [6.45, 7) is 0.487. The predicted molar refractivity (Wildman–Crippen MR) is 50.1 cm³/mol. The maximum atomic E-state index is 10.6. The summed E-state index contributed by atoms with van der Waals surface area (Å²) in [6.07, 6.45) is -3.26. The van der Waals surface area contributed by atoms with Gasteiger partial charge in [-0.05, 0) is 6.92 Å². The largest absolute Gasteiger partial charge is 0.445 e. The molecule has 0 unspecified atom stereocenters. The topological polar surface area (TPSA) is 157 Å². The number of carbonyl (C=O) groups excluding carboxylic acids is 3. The van der Waals surface area contributed by atoms with Crippen molar-refractivity contribution in [3.05, 3.63) is 0 Å². The Hall–Kier alpha value is -2.19. The standard InChI is InChI=1S/C7H13N3O6/c1-7(16-6(10)13,2-14-4(8)11)3-15-5(9)12/h2-3H2,1H3,(H2,8,11)(H2,9,12)(H2,10,13). The molecule has 16 heavy (non-hydrogen) atoms. The highest BCUT2D eigenvalue weighted by Crippen LogP contribution is 2.12. The predicted octanol–water partition coefficient (Wildman–Crippen LogP) is -0.969. The molecule has 0 aliphatic carbocycles. The van der Waals surface area contributed by atoms with Crippen molar-refractivity contribution in [1.29, 1.82) is 0 Å². The summed E-state index contributed by atoms with van der Waals surface area (Å²) in [5.41, 5.74) is 12.8. The Kier molecular flexibility index (Phi) is 4.86. The highest BCUT2D eigenvalue weighted by atomic mass is 16.6. The Morgan fingerprint density at radius 3 is 1.56 bits per heavy atom. The van der Waals surface area contributed by atoms with Gasteiger partial charge in [0.2, 0.25) is 0 Å². The van der Waals surface area contributed by atoms with Gasteiger partial charge in [-0.2, -0.15) is 0 Å². The van der Waals surface area contributed by atoms with E-state index >= 15 is 0 Å². The average molecular weight is 235 g/mol. The number of ether oxygens (including phenoxy) is 3. The molecule has 0 fully saturated rings. The lowest BCUT2D eigenvalue weighted by molar-refractivity contribution is -0.0533. The Labute approximate surface area is 90.8 Å². The van der Waals surface area contributed by atoms with Gasteiger partial charge in [-0.1, -0.05) is 0 Å². The lowest BCUT2D eigenvalue weighted by atomic mass is 10.1. The van der Waals surface area contributed by atoms with E-state index < -0.39 is 37.1 Å². The molecule has 0 bridgehead atoms. The van der Waals surface area contributed by atoms with Gasteiger partial charge < -0.3 is 31.4 Å². The molecule has 3 amide bonds. The van der Waals surface area contributed by atoms with E-state index in [2.05, 4.69) is 14.2 Å². The van der Waals surface area contributed by atoms with Crippen LogP contribution >= 0.6 is 0 Å². The molecule has 0 heterocycles. The molecule has 0 aromatic heterocycles. The molecule has 0 aliphatic rings. The Bertz CT molecular complexity index is 274. The molecule has 0 radical (unpaired) electrons. The SMILES string of the molecule is CC(COC(N)=O)(COC(N)=O)OC(N)=O. The Morgan fingerprint density at radius 1 is 0.938 bits per heavy atom. The molecule has 0 aromatic carbocycles. The summed E-state index contributed by atoms with van der Waals surface area (Å²) in [5.74, 6) is 0. The molecule has 0 saturated carbocycles. The Morgan fingerprint density at radius 2 is 1.31 bits per heavy atom. The molecule has 0 saturated heterocycles. The van der Waals surface area contributed by atoms with Crippen LogP contribution in [0.2, 0.25) is 0 Å². The van der Waals surface area contributed by atoms with Gasteiger partial charge in [0.05, 0.1) is 0 Å². The normalized spacial score (nSPS) is 10.3. The molecule has 0 aromatic rings. The van der Waals surface area contributed by atoms with E-state index in [0.717, 1.165) is 0 Å². The number of primary amides is 3. The van der Waals surface area contributed by atoms with Crippen LogP contribution in [0, 0.1) is 0 Å². The summed E-state index contributed by atoms with van der Waals surface area (Å²) in [4.78, 5) is 31.3. The number of rotatable bonds is 5. The molecular weight excluding hydrogens is 222 g/mol. The molecule has 0 aliphatic heterocycles. The van der Waals surface area contributed by atoms with Crippen molar-refractivity contribution >= 4 is 18.3 Å². The van der Waals surface area contributed by atoms with Gasteiger partial charge in [-0.3, -0.25) is 0 Å². The van der Waals surface area contributed by atoms with Gasteiger partial charge in [0.25, 0.3) is 0 Å². The average Bonchev–Trinajstić information content (AvgIpc) is 2.11. The van der Waals surface area contributed by atoms with Gasteiger partial charge in [0.15, 0.2) is 5.60 Å². The second-order valence-corrected chi connectivity index (χ2v) is 3.09. The molecule has 0 rings (SSSR count). The minimum Gasteiger partial charge on any atom is -0.445 e. The molecular formula is C7H13N3O6. The fraction of sp³-hybridized carbons (Fsp3) is 0.571.